The predicted octanol–water partition coefficient (Wildman–Crippen LogP) is 2.30. The van der Waals surface area contributed by atoms with Crippen LogP contribution in [0.3, 0.4) is 0 Å². The van der Waals surface area contributed by atoms with Crippen LogP contribution in [0.25, 0.3) is 0 Å². The number of pyridine rings is 1. The fourth-order valence-electron chi connectivity index (χ4n) is 2.42. The molecule has 0 unspecified atom stereocenters. The van der Waals surface area contributed by atoms with Crippen LogP contribution < -0.4 is 15.5 Å². The summed E-state index contributed by atoms with van der Waals surface area (Å²) in [5.74, 6) is 2.05. The summed E-state index contributed by atoms with van der Waals surface area (Å²) >= 11 is 0. The normalized spacial score (nSPS) is 14.1. The molecule has 3 rings (SSSR count). The van der Waals surface area contributed by atoms with Gasteiger partial charge >= 0.3 is 6.03 Å². The summed E-state index contributed by atoms with van der Waals surface area (Å²) in [7, 11) is 0. The lowest BCUT2D eigenvalue weighted by molar-refractivity contribution is 0.251. The van der Waals surface area contributed by atoms with Crippen LogP contribution in [0.15, 0.2) is 28.9 Å². The molecule has 1 aliphatic rings. The van der Waals surface area contributed by atoms with Gasteiger partial charge in [0.1, 0.15) is 11.6 Å². The van der Waals surface area contributed by atoms with E-state index in [2.05, 4.69) is 25.7 Å². The highest BCUT2D eigenvalue weighted by atomic mass is 16.5. The average molecular weight is 301 g/mol. The molecule has 0 spiro atoms. The van der Waals surface area contributed by atoms with Gasteiger partial charge in [-0.3, -0.25) is 5.32 Å². The monoisotopic (exact) mass is 301 g/mol. The van der Waals surface area contributed by atoms with E-state index < -0.39 is 0 Å². The van der Waals surface area contributed by atoms with Crippen molar-refractivity contribution in [3.05, 3.63) is 35.7 Å². The van der Waals surface area contributed by atoms with Crippen molar-refractivity contribution < 1.29 is 9.32 Å². The van der Waals surface area contributed by atoms with Crippen molar-refractivity contribution in [3.8, 4) is 0 Å². The summed E-state index contributed by atoms with van der Waals surface area (Å²) in [5.41, 5.74) is 0.953. The topological polar surface area (TPSA) is 83.3 Å². The highest BCUT2D eigenvalue weighted by Gasteiger charge is 2.13. The van der Waals surface area contributed by atoms with Crippen LogP contribution >= 0.6 is 0 Å². The zero-order valence-corrected chi connectivity index (χ0v) is 12.5. The third kappa shape index (κ3) is 3.55. The molecule has 22 heavy (non-hydrogen) atoms. The third-order valence-corrected chi connectivity index (χ3v) is 3.56. The Bertz CT molecular complexity index is 632. The van der Waals surface area contributed by atoms with Gasteiger partial charge in [-0.25, -0.2) is 9.78 Å². The first-order valence-corrected chi connectivity index (χ1v) is 7.39. The summed E-state index contributed by atoms with van der Waals surface area (Å²) in [6, 6.07) is 5.32. The number of urea groups is 1. The Kier molecular flexibility index (Phi) is 4.22. The van der Waals surface area contributed by atoms with E-state index in [0.29, 0.717) is 18.1 Å². The Labute approximate surface area is 128 Å². The van der Waals surface area contributed by atoms with Crippen molar-refractivity contribution in [2.24, 2.45) is 0 Å². The molecule has 0 radical (unpaired) electrons. The van der Waals surface area contributed by atoms with Crippen LogP contribution in [0.5, 0.6) is 0 Å². The van der Waals surface area contributed by atoms with Gasteiger partial charge in [-0.05, 0) is 31.4 Å². The maximum atomic E-state index is 11.7. The number of hydrogen-bond donors (Lipinski definition) is 2. The Morgan fingerprint density at radius 3 is 2.82 bits per heavy atom. The molecule has 0 bridgehead atoms. The van der Waals surface area contributed by atoms with Crippen molar-refractivity contribution in [1.29, 1.82) is 0 Å². The van der Waals surface area contributed by atoms with E-state index in [9.17, 15) is 4.79 Å². The minimum atomic E-state index is -0.322. The minimum absolute atomic E-state index is 0.322. The molecule has 1 saturated heterocycles. The van der Waals surface area contributed by atoms with Crippen LogP contribution in [-0.4, -0.2) is 29.3 Å². The van der Waals surface area contributed by atoms with Gasteiger partial charge in [-0.2, -0.15) is 0 Å². The molecule has 2 aromatic rings. The number of aromatic nitrogens is 2. The van der Waals surface area contributed by atoms with Crippen molar-refractivity contribution in [2.75, 3.05) is 23.3 Å². The second-order valence-electron chi connectivity index (χ2n) is 5.35. The highest BCUT2D eigenvalue weighted by Crippen LogP contribution is 2.17. The second-order valence-corrected chi connectivity index (χ2v) is 5.35. The van der Waals surface area contributed by atoms with Crippen LogP contribution in [-0.2, 0) is 6.54 Å². The van der Waals surface area contributed by atoms with Crippen molar-refractivity contribution in [2.45, 2.75) is 26.3 Å². The molecule has 0 aromatic carbocycles. The molecular weight excluding hydrogens is 282 g/mol. The van der Waals surface area contributed by atoms with Crippen molar-refractivity contribution in [1.82, 2.24) is 15.5 Å². The summed E-state index contributed by atoms with van der Waals surface area (Å²) in [6.07, 6.45) is 4.26. The Morgan fingerprint density at radius 1 is 1.36 bits per heavy atom. The number of carbonyl (C=O) groups is 1. The molecule has 2 aromatic heterocycles. The molecule has 1 aliphatic heterocycles. The fourth-order valence-corrected chi connectivity index (χ4v) is 2.42. The maximum Gasteiger partial charge on any atom is 0.320 e. The van der Waals surface area contributed by atoms with Gasteiger partial charge in [0.2, 0.25) is 0 Å². The summed E-state index contributed by atoms with van der Waals surface area (Å²) in [4.78, 5) is 18.5. The Hall–Kier alpha value is -2.57. The lowest BCUT2D eigenvalue weighted by Gasteiger charge is -2.16. The zero-order chi connectivity index (χ0) is 15.4. The molecule has 0 saturated carbocycles. The molecule has 7 heteroatoms. The first-order chi connectivity index (χ1) is 10.7. The molecule has 116 valence electrons. The Balaban J connectivity index is 1.49. The van der Waals surface area contributed by atoms with E-state index in [1.54, 1.807) is 19.2 Å². The van der Waals surface area contributed by atoms with Crippen LogP contribution in [0, 0.1) is 6.92 Å². The maximum absolute atomic E-state index is 11.7. The molecule has 3 heterocycles. The SMILES string of the molecule is Cc1cc(NC(=O)NCc2ccc(N3CCCC3)nc2)no1. The zero-order valence-electron chi connectivity index (χ0n) is 12.5. The lowest BCUT2D eigenvalue weighted by atomic mass is 10.3. The van der Waals surface area contributed by atoms with Gasteiger partial charge in [0.25, 0.3) is 0 Å². The van der Waals surface area contributed by atoms with E-state index in [1.165, 1.54) is 12.8 Å². The summed E-state index contributed by atoms with van der Waals surface area (Å²) in [6.45, 7) is 4.33. The standard InChI is InChI=1S/C15H19N5O2/c1-11-8-13(19-22-11)18-15(21)17-10-12-4-5-14(16-9-12)20-6-2-3-7-20/h4-5,8-9H,2-3,6-7,10H2,1H3,(H2,17,18,19,21). The van der Waals surface area contributed by atoms with Gasteiger partial charge < -0.3 is 14.7 Å². The molecule has 7 nitrogen and oxygen atoms in total. The van der Waals surface area contributed by atoms with E-state index in [0.717, 1.165) is 24.5 Å². The van der Waals surface area contributed by atoms with Crippen molar-refractivity contribution in [3.63, 3.8) is 0 Å². The summed E-state index contributed by atoms with van der Waals surface area (Å²) < 4.78 is 4.88. The van der Waals surface area contributed by atoms with Gasteiger partial charge in [0.05, 0.1) is 0 Å². The first-order valence-electron chi connectivity index (χ1n) is 7.39. The largest absolute Gasteiger partial charge is 0.360 e. The molecule has 2 amide bonds. The quantitative estimate of drug-likeness (QED) is 0.905. The van der Waals surface area contributed by atoms with Gasteiger partial charge in [0, 0.05) is 31.9 Å². The van der Waals surface area contributed by atoms with E-state index >= 15 is 0 Å². The van der Waals surface area contributed by atoms with E-state index in [-0.39, 0.29) is 6.03 Å². The highest BCUT2D eigenvalue weighted by molar-refractivity contribution is 5.88. The molecule has 0 aliphatic carbocycles. The fraction of sp³-hybridized carbons (Fsp3) is 0.400. The number of aryl methyl sites for hydroxylation is 1. The van der Waals surface area contributed by atoms with Gasteiger partial charge in [-0.15, -0.1) is 0 Å². The van der Waals surface area contributed by atoms with Crippen LogP contribution in [0.1, 0.15) is 24.2 Å². The molecular formula is C15H19N5O2. The smallest absolute Gasteiger partial charge is 0.320 e. The van der Waals surface area contributed by atoms with E-state index in [1.807, 2.05) is 12.1 Å². The number of rotatable bonds is 4. The number of carbonyl (C=O) groups excluding carboxylic acids is 1. The summed E-state index contributed by atoms with van der Waals surface area (Å²) in [5, 5.41) is 9.07. The van der Waals surface area contributed by atoms with Gasteiger partial charge in [0.15, 0.2) is 5.82 Å². The minimum Gasteiger partial charge on any atom is -0.360 e. The third-order valence-electron chi connectivity index (χ3n) is 3.56. The average Bonchev–Trinajstić information content (AvgIpc) is 3.18. The van der Waals surface area contributed by atoms with Crippen molar-refractivity contribution >= 4 is 17.7 Å². The number of anilines is 2. The second kappa shape index (κ2) is 6.46. The predicted molar refractivity (Wildman–Crippen MR) is 82.8 cm³/mol. The lowest BCUT2D eigenvalue weighted by Crippen LogP contribution is -2.28. The number of hydrogen-bond acceptors (Lipinski definition) is 5. The van der Waals surface area contributed by atoms with Crippen LogP contribution in [0.4, 0.5) is 16.4 Å². The first kappa shape index (κ1) is 14.4. The number of nitrogens with zero attached hydrogens (tertiary/aromatic N) is 3. The molecule has 1 fully saturated rings. The van der Waals surface area contributed by atoms with Gasteiger partial charge in [-0.1, -0.05) is 11.2 Å². The number of nitrogens with one attached hydrogen (secondary N) is 2. The Morgan fingerprint density at radius 2 is 2.18 bits per heavy atom. The molecule has 0 atom stereocenters. The number of amides is 2. The molecule has 2 N–H and O–H groups in total. The van der Waals surface area contributed by atoms with E-state index in [4.69, 9.17) is 4.52 Å². The van der Waals surface area contributed by atoms with Crippen LogP contribution in [0.2, 0.25) is 0 Å².